The maximum atomic E-state index is 13.2. The van der Waals surface area contributed by atoms with Gasteiger partial charge in [-0.1, -0.05) is 54.1 Å². The number of Topliss-reactive ketones (excluding diaryl/α,β-unsaturated/α-hetero) is 1. The molecular weight excluding hydrogens is 478 g/mol. The second-order valence-corrected chi connectivity index (χ2v) is 8.80. The van der Waals surface area contributed by atoms with Crippen molar-refractivity contribution in [2.24, 2.45) is 0 Å². The number of carbonyl (C=O) groups excluding carboxylic acids is 2. The van der Waals surface area contributed by atoms with Gasteiger partial charge in [0.05, 0.1) is 24.4 Å². The number of carbonyl (C=O) groups is 2. The number of ketones is 1. The molecule has 1 N–H and O–H groups in total. The zero-order chi connectivity index (χ0) is 25.1. The van der Waals surface area contributed by atoms with E-state index in [0.717, 1.165) is 5.56 Å². The highest BCUT2D eigenvalue weighted by atomic mass is 35.5. The molecule has 0 spiro atoms. The predicted octanol–water partition coefficient (Wildman–Crippen LogP) is 6.13. The second-order valence-electron chi connectivity index (χ2n) is 8.36. The van der Waals surface area contributed by atoms with Crippen molar-refractivity contribution in [1.29, 1.82) is 0 Å². The van der Waals surface area contributed by atoms with Gasteiger partial charge in [-0.25, -0.2) is 0 Å². The third-order valence-electron chi connectivity index (χ3n) is 5.99. The molecule has 1 aliphatic rings. The monoisotopic (exact) mass is 499 g/mol. The van der Waals surface area contributed by atoms with Gasteiger partial charge >= 0.3 is 0 Å². The van der Waals surface area contributed by atoms with E-state index in [4.69, 9.17) is 20.8 Å². The summed E-state index contributed by atoms with van der Waals surface area (Å²) in [5, 5.41) is 11.7. The fraction of sp³-hybridized carbons (Fsp3) is 0.103. The van der Waals surface area contributed by atoms with Crippen molar-refractivity contribution >= 4 is 29.1 Å². The van der Waals surface area contributed by atoms with E-state index in [-0.39, 0.29) is 17.9 Å². The zero-order valence-electron chi connectivity index (χ0n) is 19.1. The number of hydrogen-bond acceptors (Lipinski definition) is 5. The molecule has 1 aliphatic heterocycles. The number of nitrogens with zero attached hydrogens (tertiary/aromatic N) is 1. The van der Waals surface area contributed by atoms with E-state index in [1.807, 2.05) is 36.4 Å². The molecule has 7 heteroatoms. The largest absolute Gasteiger partial charge is 0.507 e. The van der Waals surface area contributed by atoms with Crippen LogP contribution in [-0.4, -0.2) is 21.7 Å². The molecule has 4 aromatic rings. The standard InChI is InChI=1S/C29H22ClNO5/c30-22-13-11-20(12-14-22)27(32)25-26(31(29(34)28(25)33)17-24-10-5-15-35-24)21-8-4-9-23(16-21)36-18-19-6-2-1-3-7-19/h1-16,26,32H,17-18H2/b27-25+. The van der Waals surface area contributed by atoms with Crippen molar-refractivity contribution in [1.82, 2.24) is 4.90 Å². The summed E-state index contributed by atoms with van der Waals surface area (Å²) in [5.74, 6) is -0.666. The van der Waals surface area contributed by atoms with Gasteiger partial charge in [0.2, 0.25) is 0 Å². The Morgan fingerprint density at radius 3 is 2.44 bits per heavy atom. The number of halogens is 1. The van der Waals surface area contributed by atoms with Crippen molar-refractivity contribution < 1.29 is 23.8 Å². The highest BCUT2D eigenvalue weighted by Crippen LogP contribution is 2.41. The topological polar surface area (TPSA) is 80.0 Å². The number of likely N-dealkylation sites (tertiary alicyclic amines) is 1. The van der Waals surface area contributed by atoms with Crippen molar-refractivity contribution in [3.63, 3.8) is 0 Å². The lowest BCUT2D eigenvalue weighted by atomic mass is 9.95. The van der Waals surface area contributed by atoms with Crippen LogP contribution in [0.1, 0.15) is 28.5 Å². The molecule has 5 rings (SSSR count). The Balaban J connectivity index is 1.55. The van der Waals surface area contributed by atoms with Gasteiger partial charge in [0.25, 0.3) is 11.7 Å². The first-order valence-electron chi connectivity index (χ1n) is 11.3. The van der Waals surface area contributed by atoms with E-state index in [1.165, 1.54) is 11.2 Å². The van der Waals surface area contributed by atoms with Gasteiger partial charge < -0.3 is 19.2 Å². The highest BCUT2D eigenvalue weighted by Gasteiger charge is 2.46. The van der Waals surface area contributed by atoms with Crippen LogP contribution in [0.15, 0.2) is 107 Å². The van der Waals surface area contributed by atoms with E-state index in [9.17, 15) is 14.7 Å². The summed E-state index contributed by atoms with van der Waals surface area (Å²) < 4.78 is 11.4. The number of aliphatic hydroxyl groups excluding tert-OH is 1. The first-order chi connectivity index (χ1) is 17.5. The molecule has 0 saturated carbocycles. The number of aliphatic hydroxyl groups is 1. The predicted molar refractivity (Wildman–Crippen MR) is 135 cm³/mol. The van der Waals surface area contributed by atoms with E-state index in [1.54, 1.807) is 54.6 Å². The Morgan fingerprint density at radius 1 is 0.944 bits per heavy atom. The maximum Gasteiger partial charge on any atom is 0.296 e. The fourth-order valence-corrected chi connectivity index (χ4v) is 4.36. The molecule has 0 aliphatic carbocycles. The SMILES string of the molecule is O=C1C(=O)N(Cc2ccco2)C(c2cccc(OCc3ccccc3)c2)/C1=C(\O)c1ccc(Cl)cc1. The summed E-state index contributed by atoms with van der Waals surface area (Å²) in [7, 11) is 0. The van der Waals surface area contributed by atoms with Crippen LogP contribution in [0.5, 0.6) is 5.75 Å². The minimum Gasteiger partial charge on any atom is -0.507 e. The molecule has 1 atom stereocenters. The highest BCUT2D eigenvalue weighted by molar-refractivity contribution is 6.46. The van der Waals surface area contributed by atoms with E-state index >= 15 is 0 Å². The van der Waals surface area contributed by atoms with Gasteiger partial charge in [-0.05, 0) is 59.7 Å². The molecule has 1 unspecified atom stereocenters. The lowest BCUT2D eigenvalue weighted by Crippen LogP contribution is -2.29. The Hall–Kier alpha value is -4.29. The zero-order valence-corrected chi connectivity index (χ0v) is 19.9. The first-order valence-corrected chi connectivity index (χ1v) is 11.7. The fourth-order valence-electron chi connectivity index (χ4n) is 4.24. The van der Waals surface area contributed by atoms with Crippen LogP contribution in [0, 0.1) is 0 Å². The number of ether oxygens (including phenoxy) is 1. The van der Waals surface area contributed by atoms with Crippen LogP contribution in [-0.2, 0) is 22.7 Å². The lowest BCUT2D eigenvalue weighted by Gasteiger charge is -2.25. The number of benzene rings is 3. The Bertz CT molecular complexity index is 1410. The maximum absolute atomic E-state index is 13.2. The van der Waals surface area contributed by atoms with E-state index in [0.29, 0.717) is 34.3 Å². The van der Waals surface area contributed by atoms with Crippen LogP contribution in [0.3, 0.4) is 0 Å². The minimum absolute atomic E-state index is 0.00547. The van der Waals surface area contributed by atoms with Crippen molar-refractivity contribution in [2.45, 2.75) is 19.2 Å². The minimum atomic E-state index is -0.842. The molecule has 1 saturated heterocycles. The van der Waals surface area contributed by atoms with E-state index in [2.05, 4.69) is 0 Å². The van der Waals surface area contributed by atoms with Gasteiger partial charge in [-0.2, -0.15) is 0 Å². The quantitative estimate of drug-likeness (QED) is 0.188. The van der Waals surface area contributed by atoms with Gasteiger partial charge in [0.15, 0.2) is 0 Å². The number of furan rings is 1. The van der Waals surface area contributed by atoms with Gasteiger partial charge in [0, 0.05) is 10.6 Å². The Labute approximate surface area is 213 Å². The molecule has 0 radical (unpaired) electrons. The Kier molecular flexibility index (Phi) is 6.60. The van der Waals surface area contributed by atoms with Gasteiger partial charge in [-0.3, -0.25) is 9.59 Å². The molecule has 3 aromatic carbocycles. The van der Waals surface area contributed by atoms with Gasteiger partial charge in [-0.15, -0.1) is 0 Å². The van der Waals surface area contributed by atoms with Crippen LogP contribution in [0.25, 0.3) is 5.76 Å². The van der Waals surface area contributed by atoms with Crippen molar-refractivity contribution in [3.8, 4) is 5.75 Å². The molecule has 1 amide bonds. The summed E-state index contributed by atoms with van der Waals surface area (Å²) in [4.78, 5) is 27.8. The normalized spacial score (nSPS) is 16.9. The average molecular weight is 500 g/mol. The molecule has 1 aromatic heterocycles. The van der Waals surface area contributed by atoms with Gasteiger partial charge in [0.1, 0.15) is 23.9 Å². The first kappa shape index (κ1) is 23.5. The lowest BCUT2D eigenvalue weighted by molar-refractivity contribution is -0.140. The van der Waals surface area contributed by atoms with Crippen LogP contribution < -0.4 is 4.74 Å². The summed E-state index contributed by atoms with van der Waals surface area (Å²) in [6.07, 6.45) is 1.51. The molecule has 36 heavy (non-hydrogen) atoms. The number of rotatable bonds is 7. The number of amides is 1. The van der Waals surface area contributed by atoms with Crippen molar-refractivity contribution in [2.75, 3.05) is 0 Å². The Morgan fingerprint density at radius 2 is 1.72 bits per heavy atom. The van der Waals surface area contributed by atoms with Crippen LogP contribution in [0.2, 0.25) is 5.02 Å². The summed E-state index contributed by atoms with van der Waals surface area (Å²) in [6.45, 7) is 0.427. The average Bonchev–Trinajstić information content (AvgIpc) is 3.51. The molecular formula is C29H22ClNO5. The van der Waals surface area contributed by atoms with Crippen molar-refractivity contribution in [3.05, 3.63) is 130 Å². The smallest absolute Gasteiger partial charge is 0.296 e. The van der Waals surface area contributed by atoms with Crippen LogP contribution in [0.4, 0.5) is 0 Å². The third-order valence-corrected chi connectivity index (χ3v) is 6.24. The summed E-state index contributed by atoms with van der Waals surface area (Å²) in [6, 6.07) is 26.0. The summed E-state index contributed by atoms with van der Waals surface area (Å²) in [5.41, 5.74) is 2.02. The molecule has 180 valence electrons. The van der Waals surface area contributed by atoms with Crippen LogP contribution >= 0.6 is 11.6 Å². The summed E-state index contributed by atoms with van der Waals surface area (Å²) >= 11 is 6.00. The molecule has 2 heterocycles. The third kappa shape index (κ3) is 4.76. The second kappa shape index (κ2) is 10.1. The van der Waals surface area contributed by atoms with E-state index < -0.39 is 17.7 Å². The molecule has 0 bridgehead atoms. The molecule has 1 fully saturated rings. The number of hydrogen-bond donors (Lipinski definition) is 1. The molecule has 6 nitrogen and oxygen atoms in total.